The summed E-state index contributed by atoms with van der Waals surface area (Å²) in [4.78, 5) is 0.204. The predicted octanol–water partition coefficient (Wildman–Crippen LogP) is 3.52. The zero-order chi connectivity index (χ0) is 17.0. The normalized spacial score (nSPS) is 11.7. The standard InChI is InChI=1S/C17H20ClNO3S/c1-13-8-9-15(12-16(13)18)23(20,21)19(2)11-10-14-6-4-5-7-17(14)22-3/h4-9,12H,10-11H2,1-3H3. The third-order valence-electron chi connectivity index (χ3n) is 3.74. The fraction of sp³-hybridized carbons (Fsp3) is 0.294. The predicted molar refractivity (Wildman–Crippen MR) is 92.7 cm³/mol. The molecular formula is C17H20ClNO3S. The number of halogens is 1. The van der Waals surface area contributed by atoms with Gasteiger partial charge in [0, 0.05) is 18.6 Å². The third kappa shape index (κ3) is 4.05. The highest BCUT2D eigenvalue weighted by Crippen LogP contribution is 2.23. The summed E-state index contributed by atoms with van der Waals surface area (Å²) >= 11 is 6.04. The van der Waals surface area contributed by atoms with E-state index in [1.54, 1.807) is 26.3 Å². The van der Waals surface area contributed by atoms with Gasteiger partial charge in [0.05, 0.1) is 12.0 Å². The van der Waals surface area contributed by atoms with Crippen LogP contribution in [0.15, 0.2) is 47.4 Å². The Morgan fingerprint density at radius 2 is 1.87 bits per heavy atom. The summed E-state index contributed by atoms with van der Waals surface area (Å²) in [5.74, 6) is 0.761. The lowest BCUT2D eigenvalue weighted by Gasteiger charge is -2.18. The van der Waals surface area contributed by atoms with E-state index in [4.69, 9.17) is 16.3 Å². The van der Waals surface area contributed by atoms with Crippen LogP contribution >= 0.6 is 11.6 Å². The fourth-order valence-corrected chi connectivity index (χ4v) is 3.67. The number of ether oxygens (including phenoxy) is 1. The van der Waals surface area contributed by atoms with E-state index in [0.717, 1.165) is 16.9 Å². The molecule has 0 aliphatic carbocycles. The van der Waals surface area contributed by atoms with Crippen molar-refractivity contribution in [2.75, 3.05) is 20.7 Å². The first-order valence-electron chi connectivity index (χ1n) is 7.20. The van der Waals surface area contributed by atoms with Gasteiger partial charge in [-0.2, -0.15) is 0 Å². The summed E-state index contributed by atoms with van der Waals surface area (Å²) < 4.78 is 31.8. The van der Waals surface area contributed by atoms with E-state index in [0.29, 0.717) is 18.0 Å². The number of para-hydroxylation sites is 1. The molecule has 0 amide bonds. The molecule has 0 atom stereocenters. The topological polar surface area (TPSA) is 46.6 Å². The van der Waals surface area contributed by atoms with Crippen LogP contribution in [0.25, 0.3) is 0 Å². The molecule has 0 heterocycles. The van der Waals surface area contributed by atoms with Crippen molar-refractivity contribution in [3.8, 4) is 5.75 Å². The molecule has 0 spiro atoms. The molecule has 0 unspecified atom stereocenters. The Kier molecular flexibility index (Phi) is 5.68. The Bertz CT molecular complexity index is 790. The molecular weight excluding hydrogens is 334 g/mol. The first-order valence-corrected chi connectivity index (χ1v) is 9.02. The smallest absolute Gasteiger partial charge is 0.242 e. The molecule has 0 bridgehead atoms. The number of hydrogen-bond donors (Lipinski definition) is 0. The monoisotopic (exact) mass is 353 g/mol. The summed E-state index contributed by atoms with van der Waals surface area (Å²) in [6.45, 7) is 2.19. The van der Waals surface area contributed by atoms with Gasteiger partial charge in [-0.25, -0.2) is 12.7 Å². The summed E-state index contributed by atoms with van der Waals surface area (Å²) in [6.07, 6.45) is 0.569. The largest absolute Gasteiger partial charge is 0.496 e. The molecule has 0 saturated heterocycles. The van der Waals surface area contributed by atoms with Gasteiger partial charge in [-0.15, -0.1) is 0 Å². The average Bonchev–Trinajstić information content (AvgIpc) is 2.55. The quantitative estimate of drug-likeness (QED) is 0.798. The number of benzene rings is 2. The van der Waals surface area contributed by atoms with E-state index in [1.165, 1.54) is 10.4 Å². The van der Waals surface area contributed by atoms with Gasteiger partial charge in [0.2, 0.25) is 10.0 Å². The van der Waals surface area contributed by atoms with Crippen molar-refractivity contribution in [1.82, 2.24) is 4.31 Å². The van der Waals surface area contributed by atoms with Crippen LogP contribution in [-0.2, 0) is 16.4 Å². The van der Waals surface area contributed by atoms with Crippen molar-refractivity contribution in [1.29, 1.82) is 0 Å². The van der Waals surface area contributed by atoms with Crippen molar-refractivity contribution in [3.05, 3.63) is 58.6 Å². The maximum Gasteiger partial charge on any atom is 0.242 e. The lowest BCUT2D eigenvalue weighted by atomic mass is 10.1. The molecule has 0 aliphatic rings. The van der Waals surface area contributed by atoms with E-state index in [2.05, 4.69) is 0 Å². The fourth-order valence-electron chi connectivity index (χ4n) is 2.22. The molecule has 2 aromatic carbocycles. The lowest BCUT2D eigenvalue weighted by Crippen LogP contribution is -2.29. The molecule has 23 heavy (non-hydrogen) atoms. The number of sulfonamides is 1. The highest BCUT2D eigenvalue weighted by atomic mass is 35.5. The van der Waals surface area contributed by atoms with Gasteiger partial charge in [-0.1, -0.05) is 35.9 Å². The van der Waals surface area contributed by atoms with E-state index >= 15 is 0 Å². The Morgan fingerprint density at radius 1 is 1.17 bits per heavy atom. The van der Waals surface area contributed by atoms with Crippen LogP contribution in [0.2, 0.25) is 5.02 Å². The number of likely N-dealkylation sites (N-methyl/N-ethyl adjacent to an activating group) is 1. The van der Waals surface area contributed by atoms with Crippen LogP contribution in [0.1, 0.15) is 11.1 Å². The zero-order valence-corrected chi connectivity index (χ0v) is 15.0. The lowest BCUT2D eigenvalue weighted by molar-refractivity contribution is 0.406. The minimum absolute atomic E-state index is 0.204. The second-order valence-electron chi connectivity index (χ2n) is 5.30. The van der Waals surface area contributed by atoms with Crippen LogP contribution < -0.4 is 4.74 Å². The summed E-state index contributed by atoms with van der Waals surface area (Å²) in [7, 11) is -0.387. The Morgan fingerprint density at radius 3 is 2.52 bits per heavy atom. The van der Waals surface area contributed by atoms with Crippen molar-refractivity contribution in [3.63, 3.8) is 0 Å². The molecule has 0 saturated carbocycles. The molecule has 2 aromatic rings. The van der Waals surface area contributed by atoms with Crippen LogP contribution in [0.3, 0.4) is 0 Å². The molecule has 0 N–H and O–H groups in total. The highest BCUT2D eigenvalue weighted by Gasteiger charge is 2.21. The minimum Gasteiger partial charge on any atom is -0.496 e. The Labute approximate surface area is 142 Å². The van der Waals surface area contributed by atoms with Crippen LogP contribution in [0, 0.1) is 6.92 Å². The first kappa shape index (κ1) is 17.8. The van der Waals surface area contributed by atoms with Gasteiger partial charge in [0.1, 0.15) is 5.75 Å². The number of methoxy groups -OCH3 is 1. The minimum atomic E-state index is -3.56. The van der Waals surface area contributed by atoms with Gasteiger partial charge >= 0.3 is 0 Å². The molecule has 0 aromatic heterocycles. The maximum atomic E-state index is 12.6. The SMILES string of the molecule is COc1ccccc1CCN(C)S(=O)(=O)c1ccc(C)c(Cl)c1. The Hall–Kier alpha value is -1.56. The second-order valence-corrected chi connectivity index (χ2v) is 7.75. The average molecular weight is 354 g/mol. The van der Waals surface area contributed by atoms with E-state index in [-0.39, 0.29) is 4.90 Å². The highest BCUT2D eigenvalue weighted by molar-refractivity contribution is 7.89. The van der Waals surface area contributed by atoms with E-state index < -0.39 is 10.0 Å². The number of hydrogen-bond acceptors (Lipinski definition) is 3. The van der Waals surface area contributed by atoms with Crippen molar-refractivity contribution in [2.45, 2.75) is 18.2 Å². The second kappa shape index (κ2) is 7.34. The Balaban J connectivity index is 2.15. The van der Waals surface area contributed by atoms with Gasteiger partial charge in [0.25, 0.3) is 0 Å². The summed E-state index contributed by atoms with van der Waals surface area (Å²) in [5, 5.41) is 0.448. The van der Waals surface area contributed by atoms with Crippen molar-refractivity contribution < 1.29 is 13.2 Å². The van der Waals surface area contributed by atoms with Crippen LogP contribution in [0.5, 0.6) is 5.75 Å². The summed E-state index contributed by atoms with van der Waals surface area (Å²) in [5.41, 5.74) is 1.82. The molecule has 6 heteroatoms. The molecule has 0 aliphatic heterocycles. The van der Waals surface area contributed by atoms with E-state index in [9.17, 15) is 8.42 Å². The molecule has 0 fully saturated rings. The van der Waals surface area contributed by atoms with Crippen LogP contribution in [-0.4, -0.2) is 33.4 Å². The number of nitrogens with zero attached hydrogens (tertiary/aromatic N) is 1. The van der Waals surface area contributed by atoms with Gasteiger partial charge in [-0.05, 0) is 42.7 Å². The summed E-state index contributed by atoms with van der Waals surface area (Å²) in [6, 6.07) is 12.4. The zero-order valence-electron chi connectivity index (χ0n) is 13.4. The van der Waals surface area contributed by atoms with E-state index in [1.807, 2.05) is 31.2 Å². The molecule has 2 rings (SSSR count). The molecule has 4 nitrogen and oxygen atoms in total. The van der Waals surface area contributed by atoms with Gasteiger partial charge in [0.15, 0.2) is 0 Å². The van der Waals surface area contributed by atoms with Crippen molar-refractivity contribution in [2.24, 2.45) is 0 Å². The van der Waals surface area contributed by atoms with Crippen LogP contribution in [0.4, 0.5) is 0 Å². The molecule has 124 valence electrons. The maximum absolute atomic E-state index is 12.6. The molecule has 0 radical (unpaired) electrons. The number of rotatable bonds is 6. The van der Waals surface area contributed by atoms with Gasteiger partial charge < -0.3 is 4.74 Å². The van der Waals surface area contributed by atoms with Crippen molar-refractivity contribution >= 4 is 21.6 Å². The van der Waals surface area contributed by atoms with Gasteiger partial charge in [-0.3, -0.25) is 0 Å². The number of aryl methyl sites for hydroxylation is 1. The first-order chi connectivity index (χ1) is 10.9. The third-order valence-corrected chi connectivity index (χ3v) is 6.00.